The van der Waals surface area contributed by atoms with Gasteiger partial charge in [-0.15, -0.1) is 0 Å². The molecule has 0 bridgehead atoms. The van der Waals surface area contributed by atoms with Crippen molar-refractivity contribution in [3.63, 3.8) is 0 Å². The highest BCUT2D eigenvalue weighted by molar-refractivity contribution is 7.22. The monoisotopic (exact) mass is 386 g/mol. The number of benzene rings is 2. The fraction of sp³-hybridized carbons (Fsp3) is 0.0556. The molecule has 0 saturated heterocycles. The Morgan fingerprint density at radius 1 is 1.19 bits per heavy atom. The minimum atomic E-state index is -0.389. The molecule has 5 nitrogen and oxygen atoms in total. The lowest BCUT2D eigenvalue weighted by Gasteiger charge is -2.04. The number of aromatic nitrogens is 3. The van der Waals surface area contributed by atoms with Gasteiger partial charge in [0.15, 0.2) is 5.13 Å². The highest BCUT2D eigenvalue weighted by Crippen LogP contribution is 2.28. The number of amides is 1. The van der Waals surface area contributed by atoms with E-state index in [0.717, 1.165) is 10.2 Å². The van der Waals surface area contributed by atoms with E-state index in [-0.39, 0.29) is 22.4 Å². The topological polar surface area (TPSA) is 59.8 Å². The van der Waals surface area contributed by atoms with Crippen molar-refractivity contribution in [1.82, 2.24) is 14.8 Å². The van der Waals surface area contributed by atoms with Gasteiger partial charge in [0.2, 0.25) is 0 Å². The van der Waals surface area contributed by atoms with Gasteiger partial charge in [-0.1, -0.05) is 35.1 Å². The van der Waals surface area contributed by atoms with Crippen LogP contribution in [0.3, 0.4) is 0 Å². The number of para-hydroxylation sites is 1. The summed E-state index contributed by atoms with van der Waals surface area (Å²) in [5, 5.41) is 7.72. The Hall–Kier alpha value is -2.77. The number of thiazole rings is 1. The predicted molar refractivity (Wildman–Crippen MR) is 101 cm³/mol. The normalized spacial score (nSPS) is 11.0. The molecule has 0 aliphatic rings. The van der Waals surface area contributed by atoms with E-state index in [1.165, 1.54) is 28.2 Å². The molecule has 4 aromatic rings. The number of nitrogens with one attached hydrogen (secondary N) is 1. The van der Waals surface area contributed by atoms with Gasteiger partial charge in [-0.05, 0) is 43.3 Å². The first-order valence-corrected chi connectivity index (χ1v) is 8.90. The van der Waals surface area contributed by atoms with E-state index in [1.54, 1.807) is 19.1 Å². The maximum atomic E-state index is 13.1. The SMILES string of the molecule is Cc1nn(-c2ccc(F)cc2)c(Cl)c1C(=O)Nc1nc2ccccc2s1. The minimum Gasteiger partial charge on any atom is -0.298 e. The maximum absolute atomic E-state index is 13.1. The molecule has 1 amide bonds. The quantitative estimate of drug-likeness (QED) is 0.548. The average Bonchev–Trinajstić information content (AvgIpc) is 3.15. The fourth-order valence-electron chi connectivity index (χ4n) is 2.60. The number of carbonyl (C=O) groups is 1. The second-order valence-corrected chi connectivity index (χ2v) is 6.97. The van der Waals surface area contributed by atoms with Crippen LogP contribution < -0.4 is 5.32 Å². The van der Waals surface area contributed by atoms with Crippen molar-refractivity contribution in [3.05, 3.63) is 70.8 Å². The molecule has 2 aromatic heterocycles. The molecule has 1 N–H and O–H groups in total. The molecule has 0 atom stereocenters. The van der Waals surface area contributed by atoms with Gasteiger partial charge in [0.1, 0.15) is 16.5 Å². The number of hydrogen-bond donors (Lipinski definition) is 1. The molecular formula is C18H12ClFN4OS. The van der Waals surface area contributed by atoms with Crippen LogP contribution >= 0.6 is 22.9 Å². The third-order valence-electron chi connectivity index (χ3n) is 3.82. The molecular weight excluding hydrogens is 375 g/mol. The van der Waals surface area contributed by atoms with Gasteiger partial charge in [0.25, 0.3) is 5.91 Å². The van der Waals surface area contributed by atoms with Crippen LogP contribution in [0.25, 0.3) is 15.9 Å². The zero-order chi connectivity index (χ0) is 18.3. The number of carbonyl (C=O) groups excluding carboxylic acids is 1. The predicted octanol–water partition coefficient (Wildman–Crippen LogP) is 4.84. The molecule has 26 heavy (non-hydrogen) atoms. The summed E-state index contributed by atoms with van der Waals surface area (Å²) in [5.41, 5.74) is 2.12. The Balaban J connectivity index is 1.66. The Morgan fingerprint density at radius 3 is 2.65 bits per heavy atom. The van der Waals surface area contributed by atoms with Gasteiger partial charge in [0, 0.05) is 0 Å². The number of fused-ring (bicyclic) bond motifs is 1. The van der Waals surface area contributed by atoms with Gasteiger partial charge < -0.3 is 0 Å². The Morgan fingerprint density at radius 2 is 1.92 bits per heavy atom. The lowest BCUT2D eigenvalue weighted by Crippen LogP contribution is -2.12. The molecule has 0 aliphatic heterocycles. The Bertz CT molecular complexity index is 1090. The first-order chi connectivity index (χ1) is 12.5. The van der Waals surface area contributed by atoms with Crippen molar-refractivity contribution >= 4 is 44.2 Å². The number of rotatable bonds is 3. The lowest BCUT2D eigenvalue weighted by atomic mass is 10.2. The molecule has 4 rings (SSSR count). The van der Waals surface area contributed by atoms with Gasteiger partial charge in [0.05, 0.1) is 21.6 Å². The molecule has 0 radical (unpaired) electrons. The summed E-state index contributed by atoms with van der Waals surface area (Å²) in [6, 6.07) is 13.3. The second kappa shape index (κ2) is 6.51. The fourth-order valence-corrected chi connectivity index (χ4v) is 3.81. The molecule has 130 valence electrons. The number of aryl methyl sites for hydroxylation is 1. The van der Waals surface area contributed by atoms with Crippen molar-refractivity contribution in [3.8, 4) is 5.69 Å². The molecule has 0 unspecified atom stereocenters. The molecule has 0 fully saturated rings. The summed E-state index contributed by atoms with van der Waals surface area (Å²) in [6.45, 7) is 1.69. The van der Waals surface area contributed by atoms with Crippen LogP contribution in [0.1, 0.15) is 16.1 Å². The van der Waals surface area contributed by atoms with E-state index >= 15 is 0 Å². The van der Waals surface area contributed by atoms with Gasteiger partial charge in [-0.2, -0.15) is 5.10 Å². The molecule has 2 heterocycles. The van der Waals surface area contributed by atoms with Gasteiger partial charge in [-0.3, -0.25) is 10.1 Å². The molecule has 2 aromatic carbocycles. The van der Waals surface area contributed by atoms with E-state index < -0.39 is 0 Å². The second-order valence-electron chi connectivity index (χ2n) is 5.58. The Labute approximate surface area is 157 Å². The van der Waals surface area contributed by atoms with E-state index in [1.807, 2.05) is 24.3 Å². The van der Waals surface area contributed by atoms with Crippen molar-refractivity contribution in [2.75, 3.05) is 5.32 Å². The zero-order valence-electron chi connectivity index (χ0n) is 13.5. The van der Waals surface area contributed by atoms with Crippen molar-refractivity contribution in [1.29, 1.82) is 0 Å². The highest BCUT2D eigenvalue weighted by Gasteiger charge is 2.22. The van der Waals surface area contributed by atoms with Crippen molar-refractivity contribution < 1.29 is 9.18 Å². The average molecular weight is 387 g/mol. The largest absolute Gasteiger partial charge is 0.298 e. The van der Waals surface area contributed by atoms with Gasteiger partial charge >= 0.3 is 0 Å². The number of nitrogens with zero attached hydrogens (tertiary/aromatic N) is 3. The molecule has 0 aliphatic carbocycles. The van der Waals surface area contributed by atoms with Crippen molar-refractivity contribution in [2.45, 2.75) is 6.92 Å². The first-order valence-electron chi connectivity index (χ1n) is 7.71. The van der Waals surface area contributed by atoms with Crippen LogP contribution in [0.2, 0.25) is 5.15 Å². The van der Waals surface area contributed by atoms with E-state index in [9.17, 15) is 9.18 Å². The van der Waals surface area contributed by atoms with Crippen molar-refractivity contribution in [2.24, 2.45) is 0 Å². The molecule has 8 heteroatoms. The van der Waals surface area contributed by atoms with Crippen LogP contribution in [0.4, 0.5) is 9.52 Å². The van der Waals surface area contributed by atoms with E-state index in [0.29, 0.717) is 16.5 Å². The third kappa shape index (κ3) is 2.95. The number of halogens is 2. The summed E-state index contributed by atoms with van der Waals surface area (Å²) in [6.07, 6.45) is 0. The van der Waals surface area contributed by atoms with E-state index in [4.69, 9.17) is 11.6 Å². The molecule has 0 saturated carbocycles. The van der Waals surface area contributed by atoms with Crippen LogP contribution in [-0.4, -0.2) is 20.7 Å². The lowest BCUT2D eigenvalue weighted by molar-refractivity contribution is 0.102. The van der Waals surface area contributed by atoms with Gasteiger partial charge in [-0.25, -0.2) is 14.1 Å². The highest BCUT2D eigenvalue weighted by atomic mass is 35.5. The third-order valence-corrected chi connectivity index (χ3v) is 5.12. The zero-order valence-corrected chi connectivity index (χ0v) is 15.1. The summed E-state index contributed by atoms with van der Waals surface area (Å²) in [7, 11) is 0. The maximum Gasteiger partial charge on any atom is 0.262 e. The smallest absolute Gasteiger partial charge is 0.262 e. The first kappa shape index (κ1) is 16.7. The van der Waals surface area contributed by atoms with Crippen LogP contribution in [0, 0.1) is 12.7 Å². The van der Waals surface area contributed by atoms with Crippen LogP contribution in [0.15, 0.2) is 48.5 Å². The minimum absolute atomic E-state index is 0.160. The Kier molecular flexibility index (Phi) is 4.18. The summed E-state index contributed by atoms with van der Waals surface area (Å²) >= 11 is 7.75. The molecule has 0 spiro atoms. The summed E-state index contributed by atoms with van der Waals surface area (Å²) < 4.78 is 15.5. The summed E-state index contributed by atoms with van der Waals surface area (Å²) in [5.74, 6) is -0.748. The van der Waals surface area contributed by atoms with Crippen LogP contribution in [0.5, 0.6) is 0 Å². The number of hydrogen-bond acceptors (Lipinski definition) is 4. The standard InChI is InChI=1S/C18H12ClFN4OS/c1-10-15(16(19)24(23-10)12-8-6-11(20)7-9-12)17(25)22-18-21-13-4-2-3-5-14(13)26-18/h2-9H,1H3,(H,21,22,25). The number of anilines is 1. The van der Waals surface area contributed by atoms with E-state index in [2.05, 4.69) is 15.4 Å². The van der Waals surface area contributed by atoms with Crippen LogP contribution in [-0.2, 0) is 0 Å². The summed E-state index contributed by atoms with van der Waals surface area (Å²) in [4.78, 5) is 17.1.